The lowest BCUT2D eigenvalue weighted by atomic mass is 9.80. The average Bonchev–Trinajstić information content (AvgIpc) is 1.68. The molecule has 0 bridgehead atoms. The number of benzene rings is 9. The Kier molecular flexibility index (Phi) is 19.4. The van der Waals surface area contributed by atoms with Crippen LogP contribution >= 0.6 is 0 Å². The summed E-state index contributed by atoms with van der Waals surface area (Å²) in [4.78, 5) is 27.4. The van der Waals surface area contributed by atoms with E-state index in [-0.39, 0.29) is 5.41 Å². The summed E-state index contributed by atoms with van der Waals surface area (Å²) >= 11 is 0. The van der Waals surface area contributed by atoms with E-state index >= 15 is 0 Å². The van der Waals surface area contributed by atoms with Crippen molar-refractivity contribution in [2.75, 3.05) is 0 Å². The van der Waals surface area contributed by atoms with Crippen molar-refractivity contribution in [1.82, 2.24) is 29.9 Å². The first-order chi connectivity index (χ1) is 42.4. The lowest BCUT2D eigenvalue weighted by molar-refractivity contribution is 0.655. The van der Waals surface area contributed by atoms with E-state index in [0.29, 0.717) is 11.6 Å². The molecule has 0 radical (unpaired) electrons. The smallest absolute Gasteiger partial charge is 0.163 e. The Morgan fingerprint density at radius 3 is 1.10 bits per heavy atom. The van der Waals surface area contributed by atoms with E-state index in [1.54, 1.807) is 0 Å². The normalized spacial score (nSPS) is 11.3. The molecule has 4 heterocycles. The molecule has 9 aromatic carbocycles. The maximum absolute atomic E-state index is 4.77. The zero-order chi connectivity index (χ0) is 60.5. The Labute approximate surface area is 514 Å². The zero-order valence-corrected chi connectivity index (χ0v) is 50.9. The van der Waals surface area contributed by atoms with Gasteiger partial charge in [-0.2, -0.15) is 0 Å². The summed E-state index contributed by atoms with van der Waals surface area (Å²) in [5.41, 5.74) is 25.1. The summed E-state index contributed by atoms with van der Waals surface area (Å²) in [6.07, 6.45) is 0. The fourth-order valence-corrected chi connectivity index (χ4v) is 10.9. The van der Waals surface area contributed by atoms with Crippen LogP contribution in [0.4, 0.5) is 0 Å². The van der Waals surface area contributed by atoms with Crippen LogP contribution in [-0.4, -0.2) is 29.9 Å². The Balaban J connectivity index is 0.000000121. The fourth-order valence-electron chi connectivity index (χ4n) is 10.9. The quantitative estimate of drug-likeness (QED) is 0.158. The minimum absolute atomic E-state index is 0.150. The maximum atomic E-state index is 4.77. The molecular weight excluding hydrogens is 1060 g/mol. The van der Waals surface area contributed by atoms with Gasteiger partial charge in [0.05, 0.1) is 28.5 Å². The monoisotopic (exact) mass is 1130 g/mol. The van der Waals surface area contributed by atoms with E-state index in [0.717, 1.165) is 73.4 Å². The molecule has 0 saturated carbocycles. The first kappa shape index (κ1) is 59.6. The van der Waals surface area contributed by atoms with Gasteiger partial charge >= 0.3 is 0 Å². The molecule has 0 fully saturated rings. The maximum Gasteiger partial charge on any atom is 0.163 e. The highest BCUT2D eigenvalue weighted by atomic mass is 15.0. The van der Waals surface area contributed by atoms with E-state index in [1.165, 1.54) is 50.1 Å². The van der Waals surface area contributed by atoms with Crippen molar-refractivity contribution in [3.63, 3.8) is 0 Å². The zero-order valence-electron chi connectivity index (χ0n) is 50.9. The highest BCUT2D eigenvalue weighted by Crippen LogP contribution is 2.49. The van der Waals surface area contributed by atoms with Crippen molar-refractivity contribution in [1.29, 1.82) is 0 Å². The fraction of sp³-hybridized carbons (Fsp3) is 0.111. The van der Waals surface area contributed by atoms with Crippen molar-refractivity contribution < 1.29 is 0 Å². The van der Waals surface area contributed by atoms with Crippen LogP contribution in [0.25, 0.3) is 90.2 Å². The van der Waals surface area contributed by atoms with Crippen molar-refractivity contribution in [2.24, 2.45) is 0 Å². The molecule has 0 saturated heterocycles. The third-order valence-corrected chi connectivity index (χ3v) is 15.0. The van der Waals surface area contributed by atoms with Crippen LogP contribution in [0.1, 0.15) is 58.7 Å². The minimum Gasteiger partial charge on any atom is -0.253 e. The summed E-state index contributed by atoms with van der Waals surface area (Å²) < 4.78 is 0. The first-order valence-electron chi connectivity index (χ1n) is 29.6. The number of hydrogen-bond acceptors (Lipinski definition) is 6. The Bertz CT molecular complexity index is 4070. The van der Waals surface area contributed by atoms with E-state index in [4.69, 9.17) is 9.97 Å². The van der Waals surface area contributed by atoms with Crippen LogP contribution in [0, 0.1) is 41.5 Å². The molecule has 426 valence electrons. The summed E-state index contributed by atoms with van der Waals surface area (Å²) in [5, 5.41) is 0. The summed E-state index contributed by atoms with van der Waals surface area (Å²) in [7, 11) is 0. The second kappa shape index (κ2) is 28.3. The number of nitrogens with zero attached hydrogens (tertiary/aromatic N) is 6. The number of rotatable bonds is 7. The average molecular weight is 1130 g/mol. The predicted molar refractivity (Wildman–Crippen MR) is 363 cm³/mol. The molecule has 0 aliphatic heterocycles. The van der Waals surface area contributed by atoms with Crippen LogP contribution in [0.3, 0.4) is 0 Å². The number of aryl methyl sites for hydroxylation is 6. The molecular formula is C81H72N6. The van der Waals surface area contributed by atoms with Gasteiger partial charge in [-0.3, -0.25) is 4.98 Å². The van der Waals surface area contributed by atoms with Crippen LogP contribution in [0.15, 0.2) is 291 Å². The molecule has 1 aliphatic rings. The lowest BCUT2D eigenvalue weighted by Gasteiger charge is -2.23. The van der Waals surface area contributed by atoms with Gasteiger partial charge in [0.25, 0.3) is 0 Å². The molecule has 0 unspecified atom stereocenters. The molecule has 13 aromatic rings. The number of aromatic nitrogens is 6. The Hall–Kier alpha value is -10.6. The van der Waals surface area contributed by atoms with Crippen molar-refractivity contribution in [3.05, 3.63) is 336 Å². The molecule has 6 nitrogen and oxygen atoms in total. The lowest BCUT2D eigenvalue weighted by Crippen LogP contribution is -2.16. The van der Waals surface area contributed by atoms with Crippen molar-refractivity contribution in [3.8, 4) is 90.2 Å². The van der Waals surface area contributed by atoms with E-state index in [2.05, 4.69) is 219 Å². The summed E-state index contributed by atoms with van der Waals surface area (Å²) in [5.74, 6) is 2.16. The molecule has 4 aromatic heterocycles. The van der Waals surface area contributed by atoms with Crippen LogP contribution < -0.4 is 0 Å². The van der Waals surface area contributed by atoms with E-state index in [1.807, 2.05) is 147 Å². The van der Waals surface area contributed by atoms with Gasteiger partial charge in [0.2, 0.25) is 0 Å². The topological polar surface area (TPSA) is 77.3 Å². The van der Waals surface area contributed by atoms with Crippen molar-refractivity contribution in [2.45, 2.75) is 60.8 Å². The van der Waals surface area contributed by atoms with Crippen LogP contribution in [0.5, 0.6) is 0 Å². The number of fused-ring (bicyclic) bond motifs is 3. The molecule has 0 amide bonds. The Morgan fingerprint density at radius 2 is 0.621 bits per heavy atom. The van der Waals surface area contributed by atoms with E-state index < -0.39 is 0 Å². The van der Waals surface area contributed by atoms with Gasteiger partial charge in [0.1, 0.15) is 5.82 Å². The Morgan fingerprint density at radius 1 is 0.253 bits per heavy atom. The highest BCUT2D eigenvalue weighted by molar-refractivity contribution is 5.82. The molecule has 0 atom stereocenters. The van der Waals surface area contributed by atoms with Gasteiger partial charge < -0.3 is 0 Å². The summed E-state index contributed by atoms with van der Waals surface area (Å²) in [6, 6.07) is 99.5. The SMILES string of the molecule is Cc1cc(-c2ccccc2)nc(-c2ccccc2)c1.Cc1cccc(-c2cccc(-c3ccccc3)n2)c1.Cc1cccc(-c2cccc(C)n2)c1.Cc1cccc2c1C(C)(C)c1ccccc1-2.Cc1nc(-c2ccccc2)nc(-c2ccccc2)n1. The van der Waals surface area contributed by atoms with Gasteiger partial charge in [0, 0.05) is 50.1 Å². The van der Waals surface area contributed by atoms with E-state index in [9.17, 15) is 0 Å². The summed E-state index contributed by atoms with van der Waals surface area (Å²) in [6.45, 7) is 17.1. The third kappa shape index (κ3) is 15.4. The number of hydrogen-bond donors (Lipinski definition) is 0. The molecule has 6 heteroatoms. The van der Waals surface area contributed by atoms with Crippen LogP contribution in [-0.2, 0) is 5.41 Å². The molecule has 87 heavy (non-hydrogen) atoms. The van der Waals surface area contributed by atoms with Crippen molar-refractivity contribution >= 4 is 0 Å². The predicted octanol–water partition coefficient (Wildman–Crippen LogP) is 20.6. The van der Waals surface area contributed by atoms with Gasteiger partial charge in [-0.15, -0.1) is 0 Å². The largest absolute Gasteiger partial charge is 0.253 e. The molecule has 14 rings (SSSR count). The van der Waals surface area contributed by atoms with Crippen LogP contribution in [0.2, 0.25) is 0 Å². The minimum atomic E-state index is 0.150. The first-order valence-corrected chi connectivity index (χ1v) is 29.6. The second-order valence-corrected chi connectivity index (χ2v) is 22.3. The van der Waals surface area contributed by atoms with Gasteiger partial charge in [-0.1, -0.05) is 268 Å². The van der Waals surface area contributed by atoms with Gasteiger partial charge in [-0.05, 0) is 123 Å². The standard InChI is InChI=1S/2C18H15N.C16H13N3.C16H16.C13H13N/c1-14-12-17(15-8-4-2-5-9-15)19-18(13-14)16-10-6-3-7-11-16;1-14-7-5-10-16(13-14)18-12-6-11-17(19-18)15-8-3-2-4-9-15;1-12-17-15(13-8-4-2-5-9-13)19-16(18-12)14-10-6-3-7-11-14;1-11-7-6-9-13-12-8-4-5-10-14(12)16(2,3)15(11)13;1-10-5-3-7-12(9-10)13-8-4-6-11(2)14-13/h2*2-13H,1H3;2-11H,1H3;4-10H,1-3H3;3-9H,1-2H3. The molecule has 0 N–H and O–H groups in total. The molecule has 0 spiro atoms. The highest BCUT2D eigenvalue weighted by Gasteiger charge is 2.36. The van der Waals surface area contributed by atoms with Gasteiger partial charge in [0.15, 0.2) is 11.6 Å². The number of pyridine rings is 3. The second-order valence-electron chi connectivity index (χ2n) is 22.3. The molecule has 1 aliphatic carbocycles. The van der Waals surface area contributed by atoms with Gasteiger partial charge in [-0.25, -0.2) is 24.9 Å². The third-order valence-electron chi connectivity index (χ3n) is 15.0.